The third-order valence-electron chi connectivity index (χ3n) is 2.68. The molecule has 1 aromatic heterocycles. The van der Waals surface area contributed by atoms with Crippen molar-refractivity contribution in [1.29, 1.82) is 0 Å². The van der Waals surface area contributed by atoms with Crippen molar-refractivity contribution >= 4 is 39.1 Å². The summed E-state index contributed by atoms with van der Waals surface area (Å²) >= 11 is 1.10. The molecule has 20 heavy (non-hydrogen) atoms. The van der Waals surface area contributed by atoms with Gasteiger partial charge in [-0.25, -0.2) is 18.4 Å². The van der Waals surface area contributed by atoms with Gasteiger partial charge in [0.1, 0.15) is 11.6 Å². The molecule has 1 saturated heterocycles. The van der Waals surface area contributed by atoms with Crippen LogP contribution in [0.25, 0.3) is 0 Å². The van der Waals surface area contributed by atoms with Crippen LogP contribution in [0.2, 0.25) is 0 Å². The van der Waals surface area contributed by atoms with E-state index in [0.29, 0.717) is 11.6 Å². The van der Waals surface area contributed by atoms with Crippen molar-refractivity contribution in [1.82, 2.24) is 15.3 Å². The van der Waals surface area contributed by atoms with E-state index in [2.05, 4.69) is 15.3 Å². The number of amides is 1. The van der Waals surface area contributed by atoms with E-state index in [1.54, 1.807) is 0 Å². The lowest BCUT2D eigenvalue weighted by molar-refractivity contribution is -0.119. The summed E-state index contributed by atoms with van der Waals surface area (Å²) in [7, 11) is -3.00. The van der Waals surface area contributed by atoms with E-state index in [4.69, 9.17) is 11.5 Å². The molecular formula is C10H15N5O3S2. The number of rotatable bonds is 4. The van der Waals surface area contributed by atoms with Gasteiger partial charge in [-0.1, -0.05) is 11.8 Å². The third kappa shape index (κ3) is 4.23. The highest BCUT2D eigenvalue weighted by Crippen LogP contribution is 2.16. The molecule has 1 aromatic rings. The number of hydrogen-bond acceptors (Lipinski definition) is 8. The molecule has 2 rings (SSSR count). The molecule has 0 aromatic carbocycles. The molecule has 1 unspecified atom stereocenters. The predicted octanol–water partition coefficient (Wildman–Crippen LogP) is -0.964. The number of carbonyl (C=O) groups excluding carboxylic acids is 1. The molecule has 8 nitrogen and oxygen atoms in total. The van der Waals surface area contributed by atoms with Gasteiger partial charge in [0.25, 0.3) is 0 Å². The predicted molar refractivity (Wildman–Crippen MR) is 76.8 cm³/mol. The topological polar surface area (TPSA) is 141 Å². The maximum Gasteiger partial charge on any atom is 0.230 e. The summed E-state index contributed by atoms with van der Waals surface area (Å²) in [5, 5.41) is 2.99. The Morgan fingerprint density at radius 3 is 2.60 bits per heavy atom. The fourth-order valence-electron chi connectivity index (χ4n) is 1.83. The minimum atomic E-state index is -3.00. The average Bonchev–Trinajstić information content (AvgIpc) is 2.65. The second-order valence-electron chi connectivity index (χ2n) is 4.46. The molecule has 10 heteroatoms. The quantitative estimate of drug-likeness (QED) is 0.476. The third-order valence-corrected chi connectivity index (χ3v) is 5.29. The van der Waals surface area contributed by atoms with E-state index in [0.717, 1.165) is 11.8 Å². The van der Waals surface area contributed by atoms with Crippen molar-refractivity contribution < 1.29 is 13.2 Å². The van der Waals surface area contributed by atoms with Crippen LogP contribution in [0.3, 0.4) is 0 Å². The standard InChI is InChI=1S/C10H15N5O3S2/c11-7-3-8(12)15-10(14-7)19-4-9(16)13-6-1-2-20(17,18)5-6/h3,6H,1-2,4-5H2,(H,13,16)(H4,11,12,14,15). The van der Waals surface area contributed by atoms with Gasteiger partial charge in [0.15, 0.2) is 15.0 Å². The molecule has 1 atom stereocenters. The van der Waals surface area contributed by atoms with Crippen LogP contribution in [0, 0.1) is 0 Å². The number of thioether (sulfide) groups is 1. The fraction of sp³-hybridized carbons (Fsp3) is 0.500. The number of aromatic nitrogens is 2. The van der Waals surface area contributed by atoms with Crippen LogP contribution in [-0.2, 0) is 14.6 Å². The normalized spacial score (nSPS) is 20.7. The van der Waals surface area contributed by atoms with Gasteiger partial charge in [0.2, 0.25) is 5.91 Å². The van der Waals surface area contributed by atoms with Gasteiger partial charge >= 0.3 is 0 Å². The minimum Gasteiger partial charge on any atom is -0.383 e. The molecule has 110 valence electrons. The first-order valence-corrected chi connectivity index (χ1v) is 8.67. The summed E-state index contributed by atoms with van der Waals surface area (Å²) < 4.78 is 22.5. The minimum absolute atomic E-state index is 0.00510. The van der Waals surface area contributed by atoms with E-state index in [9.17, 15) is 13.2 Å². The summed E-state index contributed by atoms with van der Waals surface area (Å²) in [4.78, 5) is 19.6. The molecule has 2 heterocycles. The van der Waals surface area contributed by atoms with Gasteiger partial charge in [-0.3, -0.25) is 4.79 Å². The van der Waals surface area contributed by atoms with Crippen molar-refractivity contribution in [3.8, 4) is 0 Å². The molecule has 0 spiro atoms. The zero-order valence-electron chi connectivity index (χ0n) is 10.6. The first kappa shape index (κ1) is 14.9. The molecule has 0 bridgehead atoms. The van der Waals surface area contributed by atoms with Crippen LogP contribution in [-0.4, -0.2) is 47.6 Å². The largest absolute Gasteiger partial charge is 0.383 e. The fourth-order valence-corrected chi connectivity index (χ4v) is 4.19. The maximum atomic E-state index is 11.7. The highest BCUT2D eigenvalue weighted by Gasteiger charge is 2.28. The summed E-state index contributed by atoms with van der Waals surface area (Å²) in [6.45, 7) is 0. The van der Waals surface area contributed by atoms with Gasteiger partial charge in [-0.15, -0.1) is 0 Å². The smallest absolute Gasteiger partial charge is 0.230 e. The Balaban J connectivity index is 1.83. The second-order valence-corrected chi connectivity index (χ2v) is 7.63. The van der Waals surface area contributed by atoms with E-state index in [-0.39, 0.29) is 40.8 Å². The van der Waals surface area contributed by atoms with Crippen molar-refractivity contribution in [3.63, 3.8) is 0 Å². The molecule has 1 fully saturated rings. The molecule has 1 aliphatic heterocycles. The van der Waals surface area contributed by atoms with Crippen LogP contribution in [0.15, 0.2) is 11.2 Å². The zero-order chi connectivity index (χ0) is 14.8. The number of hydrogen-bond donors (Lipinski definition) is 3. The van der Waals surface area contributed by atoms with Crippen molar-refractivity contribution in [3.05, 3.63) is 6.07 Å². The zero-order valence-corrected chi connectivity index (χ0v) is 12.2. The Hall–Kier alpha value is -1.55. The van der Waals surface area contributed by atoms with Crippen LogP contribution < -0.4 is 16.8 Å². The summed E-state index contributed by atoms with van der Waals surface area (Å²) in [6, 6.07) is 1.12. The van der Waals surface area contributed by atoms with E-state index in [1.165, 1.54) is 6.07 Å². The number of nitrogen functional groups attached to an aromatic ring is 2. The number of nitrogens with zero attached hydrogens (tertiary/aromatic N) is 2. The van der Waals surface area contributed by atoms with Crippen molar-refractivity contribution in [2.24, 2.45) is 0 Å². The lowest BCUT2D eigenvalue weighted by Crippen LogP contribution is -2.36. The van der Waals surface area contributed by atoms with Gasteiger partial charge in [-0.05, 0) is 6.42 Å². The molecule has 0 saturated carbocycles. The Bertz CT molecular complexity index is 599. The maximum absolute atomic E-state index is 11.7. The van der Waals surface area contributed by atoms with Crippen LogP contribution >= 0.6 is 11.8 Å². The highest BCUT2D eigenvalue weighted by atomic mass is 32.2. The molecule has 5 N–H and O–H groups in total. The number of anilines is 2. The van der Waals surface area contributed by atoms with Gasteiger partial charge in [0.05, 0.1) is 17.3 Å². The Labute approximate surface area is 120 Å². The van der Waals surface area contributed by atoms with E-state index >= 15 is 0 Å². The Morgan fingerprint density at radius 1 is 1.40 bits per heavy atom. The summed E-state index contributed by atoms with van der Waals surface area (Å²) in [5.74, 6) is 0.427. The number of nitrogens with one attached hydrogen (secondary N) is 1. The van der Waals surface area contributed by atoms with Crippen LogP contribution in [0.1, 0.15) is 6.42 Å². The first-order chi connectivity index (χ1) is 9.34. The Morgan fingerprint density at radius 2 is 2.05 bits per heavy atom. The first-order valence-electron chi connectivity index (χ1n) is 5.87. The summed E-state index contributed by atoms with van der Waals surface area (Å²) in [5.41, 5.74) is 11.0. The molecule has 0 aliphatic carbocycles. The monoisotopic (exact) mass is 317 g/mol. The van der Waals surface area contributed by atoms with Gasteiger partial charge < -0.3 is 16.8 Å². The molecule has 0 radical (unpaired) electrons. The molecular weight excluding hydrogens is 302 g/mol. The van der Waals surface area contributed by atoms with Gasteiger partial charge in [-0.2, -0.15) is 0 Å². The van der Waals surface area contributed by atoms with Crippen LogP contribution in [0.4, 0.5) is 11.6 Å². The average molecular weight is 317 g/mol. The number of carbonyl (C=O) groups is 1. The van der Waals surface area contributed by atoms with Crippen molar-refractivity contribution in [2.45, 2.75) is 17.6 Å². The van der Waals surface area contributed by atoms with E-state index < -0.39 is 9.84 Å². The lowest BCUT2D eigenvalue weighted by atomic mass is 10.3. The number of nitrogens with two attached hydrogens (primary N) is 2. The van der Waals surface area contributed by atoms with E-state index in [1.807, 2.05) is 0 Å². The van der Waals surface area contributed by atoms with Crippen LogP contribution in [0.5, 0.6) is 0 Å². The van der Waals surface area contributed by atoms with Gasteiger partial charge in [0, 0.05) is 12.1 Å². The lowest BCUT2D eigenvalue weighted by Gasteiger charge is -2.10. The summed E-state index contributed by atoms with van der Waals surface area (Å²) in [6.07, 6.45) is 0.459. The molecule has 1 amide bonds. The highest BCUT2D eigenvalue weighted by molar-refractivity contribution is 7.99. The van der Waals surface area contributed by atoms with Crippen molar-refractivity contribution in [2.75, 3.05) is 28.7 Å². The molecule has 1 aliphatic rings. The number of sulfone groups is 1. The Kier molecular flexibility index (Phi) is 4.33. The SMILES string of the molecule is Nc1cc(N)nc(SCC(=O)NC2CCS(=O)(=O)C2)n1. The second kappa shape index (κ2) is 5.83.